The predicted octanol–water partition coefficient (Wildman–Crippen LogP) is 4.44. The zero-order valence-electron chi connectivity index (χ0n) is 15.3. The number of benzene rings is 2. The van der Waals surface area contributed by atoms with Crippen LogP contribution in [0.1, 0.15) is 37.5 Å². The van der Waals surface area contributed by atoms with Gasteiger partial charge in [-0.2, -0.15) is 5.26 Å². The number of phenolic OH excluding ortho intramolecular Hbond substituents is 1. The smallest absolute Gasteiger partial charge is 0.251 e. The summed E-state index contributed by atoms with van der Waals surface area (Å²) < 4.78 is 27.9. The first kappa shape index (κ1) is 21.2. The van der Waals surface area contributed by atoms with Crippen molar-refractivity contribution in [1.29, 1.82) is 5.26 Å². The Hall–Kier alpha value is -2.14. The maximum atomic E-state index is 12.5. The van der Waals surface area contributed by atoms with E-state index in [-0.39, 0.29) is 17.7 Å². The Labute approximate surface area is 168 Å². The first-order chi connectivity index (χ1) is 12.5. The summed E-state index contributed by atoms with van der Waals surface area (Å²) in [6, 6.07) is 14.1. The molecule has 2 aromatic carbocycles. The zero-order chi connectivity index (χ0) is 20.2. The van der Waals surface area contributed by atoms with E-state index in [1.165, 1.54) is 6.08 Å². The van der Waals surface area contributed by atoms with E-state index in [0.717, 1.165) is 5.56 Å². The molecule has 0 aliphatic heterocycles. The molecule has 2 N–H and O–H groups in total. The Kier molecular flexibility index (Phi) is 6.47. The van der Waals surface area contributed by atoms with Crippen molar-refractivity contribution in [2.24, 2.45) is 0 Å². The first-order valence-electron chi connectivity index (χ1n) is 8.23. The molecule has 5 nitrogen and oxygen atoms in total. The predicted molar refractivity (Wildman–Crippen MR) is 110 cm³/mol. The molecule has 142 valence electrons. The SMILES string of the molecule is CC(C)(C)c1cc(/C=C(\C#N)S(=O)(=O)NCc2ccccc2)cc(Br)c1O. The highest BCUT2D eigenvalue weighted by molar-refractivity contribution is 9.10. The van der Waals surface area contributed by atoms with Crippen LogP contribution in [0.5, 0.6) is 5.75 Å². The second-order valence-corrected chi connectivity index (χ2v) is 9.67. The Morgan fingerprint density at radius 2 is 1.89 bits per heavy atom. The van der Waals surface area contributed by atoms with Gasteiger partial charge in [0.2, 0.25) is 0 Å². The van der Waals surface area contributed by atoms with Crippen molar-refractivity contribution in [3.05, 3.63) is 68.5 Å². The monoisotopic (exact) mass is 448 g/mol. The number of aromatic hydroxyl groups is 1. The maximum absolute atomic E-state index is 12.5. The van der Waals surface area contributed by atoms with Crippen molar-refractivity contribution < 1.29 is 13.5 Å². The number of phenols is 1. The molecule has 0 bridgehead atoms. The fraction of sp³-hybridized carbons (Fsp3) is 0.250. The summed E-state index contributed by atoms with van der Waals surface area (Å²) in [5.41, 5.74) is 1.59. The van der Waals surface area contributed by atoms with Gasteiger partial charge in [-0.1, -0.05) is 51.1 Å². The Balaban J connectivity index is 2.38. The molecule has 0 aliphatic carbocycles. The molecular weight excluding hydrogens is 428 g/mol. The van der Waals surface area contributed by atoms with Gasteiger partial charge in [0.15, 0.2) is 4.91 Å². The Bertz CT molecular complexity index is 1000. The van der Waals surface area contributed by atoms with Gasteiger partial charge in [-0.05, 0) is 50.7 Å². The fourth-order valence-electron chi connectivity index (χ4n) is 2.45. The van der Waals surface area contributed by atoms with Crippen LogP contribution in [0.4, 0.5) is 0 Å². The molecule has 0 saturated heterocycles. The second-order valence-electron chi connectivity index (χ2n) is 7.08. The van der Waals surface area contributed by atoms with Crippen LogP contribution < -0.4 is 4.72 Å². The average Bonchev–Trinajstić information content (AvgIpc) is 2.60. The number of sulfonamides is 1. The van der Waals surface area contributed by atoms with Crippen LogP contribution >= 0.6 is 15.9 Å². The van der Waals surface area contributed by atoms with Crippen LogP contribution in [0, 0.1) is 11.3 Å². The van der Waals surface area contributed by atoms with Crippen LogP contribution in [0.2, 0.25) is 0 Å². The van der Waals surface area contributed by atoms with E-state index in [9.17, 15) is 18.8 Å². The van der Waals surface area contributed by atoms with E-state index < -0.39 is 14.9 Å². The van der Waals surface area contributed by atoms with Gasteiger partial charge in [-0.3, -0.25) is 0 Å². The Morgan fingerprint density at radius 1 is 1.26 bits per heavy atom. The quantitative estimate of drug-likeness (QED) is 0.661. The minimum atomic E-state index is -3.97. The number of hydrogen-bond donors (Lipinski definition) is 2. The third kappa shape index (κ3) is 5.42. The minimum absolute atomic E-state index is 0.0920. The van der Waals surface area contributed by atoms with Gasteiger partial charge >= 0.3 is 0 Å². The number of nitriles is 1. The zero-order valence-corrected chi connectivity index (χ0v) is 17.7. The maximum Gasteiger partial charge on any atom is 0.251 e. The van der Waals surface area contributed by atoms with Gasteiger partial charge in [0.25, 0.3) is 10.0 Å². The molecule has 2 rings (SSSR count). The van der Waals surface area contributed by atoms with Gasteiger partial charge in [0, 0.05) is 12.1 Å². The summed E-state index contributed by atoms with van der Waals surface area (Å²) in [5.74, 6) is 0.100. The molecule has 0 aliphatic rings. The lowest BCUT2D eigenvalue weighted by Crippen LogP contribution is -2.24. The van der Waals surface area contributed by atoms with Crippen molar-refractivity contribution in [3.63, 3.8) is 0 Å². The van der Waals surface area contributed by atoms with E-state index in [1.807, 2.05) is 39.0 Å². The van der Waals surface area contributed by atoms with Crippen LogP contribution in [0.15, 0.2) is 51.8 Å². The highest BCUT2D eigenvalue weighted by Gasteiger charge is 2.22. The van der Waals surface area contributed by atoms with Crippen molar-refractivity contribution in [2.75, 3.05) is 0 Å². The van der Waals surface area contributed by atoms with E-state index in [1.54, 1.807) is 30.3 Å². The summed E-state index contributed by atoms with van der Waals surface area (Å²) in [7, 11) is -3.97. The summed E-state index contributed by atoms with van der Waals surface area (Å²) in [6.07, 6.45) is 1.30. The van der Waals surface area contributed by atoms with Crippen molar-refractivity contribution in [1.82, 2.24) is 4.72 Å². The first-order valence-corrected chi connectivity index (χ1v) is 10.5. The van der Waals surface area contributed by atoms with Gasteiger partial charge in [0.1, 0.15) is 11.8 Å². The normalized spacial score (nSPS) is 12.6. The van der Waals surface area contributed by atoms with Crippen LogP contribution in [-0.4, -0.2) is 13.5 Å². The Morgan fingerprint density at radius 3 is 2.44 bits per heavy atom. The lowest BCUT2D eigenvalue weighted by Gasteiger charge is -2.21. The summed E-state index contributed by atoms with van der Waals surface area (Å²) >= 11 is 3.29. The third-order valence-electron chi connectivity index (χ3n) is 3.90. The standard InChI is InChI=1S/C20H21BrN2O3S/c1-20(2,3)17-10-15(11-18(21)19(17)24)9-16(12-22)27(25,26)23-13-14-7-5-4-6-8-14/h4-11,23-24H,13H2,1-3H3/b16-9+. The molecule has 0 amide bonds. The highest BCUT2D eigenvalue weighted by atomic mass is 79.9. The molecule has 0 spiro atoms. The van der Waals surface area contributed by atoms with Crippen LogP contribution in [0.3, 0.4) is 0 Å². The summed E-state index contributed by atoms with van der Waals surface area (Å²) in [4.78, 5) is -0.393. The molecule has 2 aromatic rings. The minimum Gasteiger partial charge on any atom is -0.506 e. The van der Waals surface area contributed by atoms with Gasteiger partial charge in [-0.15, -0.1) is 0 Å². The van der Waals surface area contributed by atoms with Gasteiger partial charge in [0.05, 0.1) is 4.47 Å². The molecular formula is C20H21BrN2O3S. The number of halogens is 1. The molecule has 0 radical (unpaired) electrons. The number of hydrogen-bond acceptors (Lipinski definition) is 4. The van der Waals surface area contributed by atoms with Crippen LogP contribution in [-0.2, 0) is 22.0 Å². The third-order valence-corrected chi connectivity index (χ3v) is 5.82. The van der Waals surface area contributed by atoms with Gasteiger partial charge in [-0.25, -0.2) is 13.1 Å². The van der Waals surface area contributed by atoms with Crippen molar-refractivity contribution in [3.8, 4) is 11.8 Å². The lowest BCUT2D eigenvalue weighted by molar-refractivity contribution is 0.443. The molecule has 7 heteroatoms. The summed E-state index contributed by atoms with van der Waals surface area (Å²) in [6.45, 7) is 5.90. The van der Waals surface area contributed by atoms with E-state index >= 15 is 0 Å². The number of allylic oxidation sites excluding steroid dienone is 1. The van der Waals surface area contributed by atoms with Gasteiger partial charge < -0.3 is 5.11 Å². The number of nitrogens with one attached hydrogen (secondary N) is 1. The van der Waals surface area contributed by atoms with Crippen molar-refractivity contribution >= 4 is 32.0 Å². The van der Waals surface area contributed by atoms with E-state index in [0.29, 0.717) is 15.6 Å². The topological polar surface area (TPSA) is 90.2 Å². The molecule has 0 aromatic heterocycles. The molecule has 0 saturated carbocycles. The number of nitrogens with zero attached hydrogens (tertiary/aromatic N) is 1. The molecule has 0 fully saturated rings. The molecule has 0 unspecified atom stereocenters. The molecule has 27 heavy (non-hydrogen) atoms. The number of rotatable bonds is 5. The molecule has 0 heterocycles. The molecule has 0 atom stereocenters. The average molecular weight is 449 g/mol. The summed E-state index contributed by atoms with van der Waals surface area (Å²) in [5, 5.41) is 19.6. The second kappa shape index (κ2) is 8.26. The highest BCUT2D eigenvalue weighted by Crippen LogP contribution is 2.37. The van der Waals surface area contributed by atoms with Crippen LogP contribution in [0.25, 0.3) is 6.08 Å². The van der Waals surface area contributed by atoms with E-state index in [2.05, 4.69) is 20.7 Å². The fourth-order valence-corrected chi connectivity index (χ4v) is 3.85. The van der Waals surface area contributed by atoms with Crippen molar-refractivity contribution in [2.45, 2.75) is 32.7 Å². The lowest BCUT2D eigenvalue weighted by atomic mass is 9.85. The van der Waals surface area contributed by atoms with E-state index in [4.69, 9.17) is 0 Å². The largest absolute Gasteiger partial charge is 0.506 e.